The van der Waals surface area contributed by atoms with E-state index in [2.05, 4.69) is 25.7 Å². The van der Waals surface area contributed by atoms with Crippen molar-refractivity contribution in [2.75, 3.05) is 13.1 Å². The maximum atomic E-state index is 6.03. The fourth-order valence-electron chi connectivity index (χ4n) is 4.26. The van der Waals surface area contributed by atoms with E-state index in [0.29, 0.717) is 0 Å². The van der Waals surface area contributed by atoms with Crippen LogP contribution in [0.25, 0.3) is 0 Å². The maximum Gasteiger partial charge on any atom is 0.0141 e. The second-order valence-corrected chi connectivity index (χ2v) is 6.87. The number of nitrogens with zero attached hydrogens (tertiary/aromatic N) is 1. The Kier molecular flexibility index (Phi) is 5.08. The molecule has 1 aliphatic carbocycles. The number of hydrogen-bond acceptors (Lipinski definition) is 2. The minimum Gasteiger partial charge on any atom is -0.330 e. The molecule has 2 N–H and O–H groups in total. The Labute approximate surface area is 113 Å². The van der Waals surface area contributed by atoms with Crippen LogP contribution in [0.4, 0.5) is 0 Å². The van der Waals surface area contributed by atoms with Crippen LogP contribution in [0.5, 0.6) is 0 Å². The summed E-state index contributed by atoms with van der Waals surface area (Å²) in [7, 11) is 0. The van der Waals surface area contributed by atoms with Gasteiger partial charge in [0.15, 0.2) is 0 Å². The van der Waals surface area contributed by atoms with Gasteiger partial charge in [-0.3, -0.25) is 4.90 Å². The molecule has 5 atom stereocenters. The monoisotopic (exact) mass is 252 g/mol. The molecule has 1 aliphatic heterocycles. The van der Waals surface area contributed by atoms with E-state index in [9.17, 15) is 0 Å². The molecule has 106 valence electrons. The minimum atomic E-state index is 0.753. The normalized spacial score (nSPS) is 43.0. The summed E-state index contributed by atoms with van der Waals surface area (Å²) < 4.78 is 0. The first kappa shape index (κ1) is 14.3. The summed E-state index contributed by atoms with van der Waals surface area (Å²) in [5.74, 6) is 2.62. The molecule has 0 radical (unpaired) electrons. The van der Waals surface area contributed by atoms with Gasteiger partial charge in [0.05, 0.1) is 0 Å². The summed E-state index contributed by atoms with van der Waals surface area (Å²) in [5, 5.41) is 0. The standard InChI is InChI=1S/C16H32N2/c1-4-14-5-6-15(11-17)16(10-14)18-8-7-12(2)9-13(18)3/h12-16H,4-11,17H2,1-3H3. The molecular formula is C16H32N2. The number of nitrogens with two attached hydrogens (primary N) is 1. The summed E-state index contributed by atoms with van der Waals surface area (Å²) >= 11 is 0. The van der Waals surface area contributed by atoms with Crippen LogP contribution in [-0.4, -0.2) is 30.1 Å². The summed E-state index contributed by atoms with van der Waals surface area (Å²) in [4.78, 5) is 2.80. The first-order valence-electron chi connectivity index (χ1n) is 8.11. The van der Waals surface area contributed by atoms with Crippen LogP contribution in [0.2, 0.25) is 0 Å². The Balaban J connectivity index is 2.02. The number of rotatable bonds is 3. The highest BCUT2D eigenvalue weighted by Crippen LogP contribution is 2.37. The molecule has 0 aromatic carbocycles. The Hall–Kier alpha value is -0.0800. The van der Waals surface area contributed by atoms with Gasteiger partial charge in [0.25, 0.3) is 0 Å². The highest BCUT2D eigenvalue weighted by atomic mass is 15.2. The van der Waals surface area contributed by atoms with Gasteiger partial charge in [-0.15, -0.1) is 0 Å². The third-order valence-electron chi connectivity index (χ3n) is 5.56. The lowest BCUT2D eigenvalue weighted by atomic mass is 9.75. The van der Waals surface area contributed by atoms with E-state index >= 15 is 0 Å². The summed E-state index contributed by atoms with van der Waals surface area (Å²) in [6.45, 7) is 9.38. The molecule has 1 saturated heterocycles. The van der Waals surface area contributed by atoms with Crippen LogP contribution in [-0.2, 0) is 0 Å². The van der Waals surface area contributed by atoms with Crippen molar-refractivity contribution >= 4 is 0 Å². The zero-order chi connectivity index (χ0) is 13.1. The average Bonchev–Trinajstić information content (AvgIpc) is 2.38. The van der Waals surface area contributed by atoms with Crippen molar-refractivity contribution in [3.05, 3.63) is 0 Å². The molecule has 18 heavy (non-hydrogen) atoms. The van der Waals surface area contributed by atoms with Gasteiger partial charge in [0, 0.05) is 12.1 Å². The van der Waals surface area contributed by atoms with Gasteiger partial charge in [-0.25, -0.2) is 0 Å². The van der Waals surface area contributed by atoms with E-state index in [-0.39, 0.29) is 0 Å². The molecule has 0 bridgehead atoms. The van der Waals surface area contributed by atoms with Crippen molar-refractivity contribution in [1.82, 2.24) is 4.90 Å². The molecule has 2 heteroatoms. The SMILES string of the molecule is CCC1CCC(CN)C(N2CCC(C)CC2C)C1. The summed E-state index contributed by atoms with van der Waals surface area (Å²) in [5.41, 5.74) is 6.03. The lowest BCUT2D eigenvalue weighted by Gasteiger charge is -2.48. The van der Waals surface area contributed by atoms with Crippen molar-refractivity contribution < 1.29 is 0 Å². The zero-order valence-corrected chi connectivity index (χ0v) is 12.6. The molecule has 2 rings (SSSR count). The van der Waals surface area contributed by atoms with Gasteiger partial charge in [-0.05, 0) is 63.5 Å². The molecule has 1 saturated carbocycles. The lowest BCUT2D eigenvalue weighted by molar-refractivity contribution is 0.0188. The van der Waals surface area contributed by atoms with Crippen LogP contribution in [0.15, 0.2) is 0 Å². The quantitative estimate of drug-likeness (QED) is 0.835. The topological polar surface area (TPSA) is 29.3 Å². The fraction of sp³-hybridized carbons (Fsp3) is 1.00. The van der Waals surface area contributed by atoms with Crippen LogP contribution in [0.1, 0.15) is 59.3 Å². The molecule has 1 heterocycles. The molecule has 0 amide bonds. The lowest BCUT2D eigenvalue weighted by Crippen LogP contribution is -2.53. The van der Waals surface area contributed by atoms with Gasteiger partial charge in [0.1, 0.15) is 0 Å². The first-order valence-corrected chi connectivity index (χ1v) is 8.11. The van der Waals surface area contributed by atoms with Crippen molar-refractivity contribution in [3.8, 4) is 0 Å². The number of likely N-dealkylation sites (tertiary alicyclic amines) is 1. The van der Waals surface area contributed by atoms with Crippen LogP contribution in [0, 0.1) is 17.8 Å². The van der Waals surface area contributed by atoms with E-state index in [1.165, 1.54) is 45.1 Å². The largest absolute Gasteiger partial charge is 0.330 e. The first-order chi connectivity index (χ1) is 8.65. The van der Waals surface area contributed by atoms with Crippen LogP contribution < -0.4 is 5.73 Å². The molecule has 2 nitrogen and oxygen atoms in total. The van der Waals surface area contributed by atoms with Gasteiger partial charge in [-0.1, -0.05) is 26.7 Å². The van der Waals surface area contributed by atoms with Crippen molar-refractivity contribution in [2.45, 2.75) is 71.4 Å². The molecule has 5 unspecified atom stereocenters. The van der Waals surface area contributed by atoms with Gasteiger partial charge >= 0.3 is 0 Å². The maximum absolute atomic E-state index is 6.03. The van der Waals surface area contributed by atoms with E-state index in [4.69, 9.17) is 5.73 Å². The second kappa shape index (κ2) is 6.38. The minimum absolute atomic E-state index is 0.753. The Bertz CT molecular complexity index is 253. The predicted octanol–water partition coefficient (Wildman–Crippen LogP) is 3.26. The van der Waals surface area contributed by atoms with Gasteiger partial charge in [0.2, 0.25) is 0 Å². The Morgan fingerprint density at radius 3 is 2.50 bits per heavy atom. The number of hydrogen-bond donors (Lipinski definition) is 1. The van der Waals surface area contributed by atoms with Crippen LogP contribution in [0.3, 0.4) is 0 Å². The number of piperidine rings is 1. The average molecular weight is 252 g/mol. The highest BCUT2D eigenvalue weighted by Gasteiger charge is 2.36. The molecule has 0 aromatic rings. The molecule has 0 spiro atoms. The van der Waals surface area contributed by atoms with Crippen molar-refractivity contribution in [3.63, 3.8) is 0 Å². The Morgan fingerprint density at radius 2 is 1.89 bits per heavy atom. The zero-order valence-electron chi connectivity index (χ0n) is 12.6. The molecule has 0 aromatic heterocycles. The highest BCUT2D eigenvalue weighted by molar-refractivity contribution is 4.91. The van der Waals surface area contributed by atoms with E-state index in [1.54, 1.807) is 0 Å². The second-order valence-electron chi connectivity index (χ2n) is 6.87. The van der Waals surface area contributed by atoms with Crippen molar-refractivity contribution in [2.24, 2.45) is 23.5 Å². The van der Waals surface area contributed by atoms with Gasteiger partial charge < -0.3 is 5.73 Å². The van der Waals surface area contributed by atoms with E-state index in [1.807, 2.05) is 0 Å². The van der Waals surface area contributed by atoms with Crippen LogP contribution >= 0.6 is 0 Å². The summed E-state index contributed by atoms with van der Waals surface area (Å²) in [6, 6.07) is 1.54. The molecule has 2 aliphatic rings. The smallest absolute Gasteiger partial charge is 0.0141 e. The Morgan fingerprint density at radius 1 is 1.11 bits per heavy atom. The van der Waals surface area contributed by atoms with Gasteiger partial charge in [-0.2, -0.15) is 0 Å². The molecular weight excluding hydrogens is 220 g/mol. The van der Waals surface area contributed by atoms with E-state index in [0.717, 1.165) is 36.4 Å². The third kappa shape index (κ3) is 3.08. The predicted molar refractivity (Wildman–Crippen MR) is 78.5 cm³/mol. The summed E-state index contributed by atoms with van der Waals surface area (Å²) in [6.07, 6.45) is 8.29. The third-order valence-corrected chi connectivity index (χ3v) is 5.56. The fourth-order valence-corrected chi connectivity index (χ4v) is 4.26. The van der Waals surface area contributed by atoms with Crippen molar-refractivity contribution in [1.29, 1.82) is 0 Å². The molecule has 2 fully saturated rings. The van der Waals surface area contributed by atoms with E-state index < -0.39 is 0 Å².